The van der Waals surface area contributed by atoms with Crippen molar-refractivity contribution in [2.24, 2.45) is 0 Å². The van der Waals surface area contributed by atoms with Crippen LogP contribution in [0.3, 0.4) is 0 Å². The van der Waals surface area contributed by atoms with Gasteiger partial charge in [-0.3, -0.25) is 19.5 Å². The standard InChI is InChI=1S/C32H26N4O4S3/c37-26(17-24-19-41-20-34-24)35-27-30(38)36-28(23(18-43-31(27)36)13-16-42-25-11-14-33-15-12-25)32(39)40-29(21-7-3-1-4-8-21)22-9-5-2-6-10-22/h1-16,19-20,27,29,31H,17-18H2,(H,35,37)/t27?,31-/m1/s1. The number of carbonyl (C=O) groups excluding carboxylic acids is 3. The summed E-state index contributed by atoms with van der Waals surface area (Å²) in [6.07, 6.45) is 4.71. The van der Waals surface area contributed by atoms with Crippen LogP contribution in [0.1, 0.15) is 22.9 Å². The van der Waals surface area contributed by atoms with Crippen LogP contribution in [0.25, 0.3) is 0 Å². The third-order valence-electron chi connectivity index (χ3n) is 6.89. The van der Waals surface area contributed by atoms with Gasteiger partial charge in [-0.1, -0.05) is 72.4 Å². The van der Waals surface area contributed by atoms with Crippen molar-refractivity contribution < 1.29 is 19.1 Å². The number of esters is 1. The zero-order chi connectivity index (χ0) is 29.6. The van der Waals surface area contributed by atoms with Crippen molar-refractivity contribution in [2.45, 2.75) is 28.8 Å². The van der Waals surface area contributed by atoms with Crippen molar-refractivity contribution in [3.8, 4) is 0 Å². The Morgan fingerprint density at radius 1 is 1.05 bits per heavy atom. The Balaban J connectivity index is 1.28. The number of allylic oxidation sites excluding steroid dienone is 1. The van der Waals surface area contributed by atoms with Crippen molar-refractivity contribution in [1.29, 1.82) is 0 Å². The van der Waals surface area contributed by atoms with Gasteiger partial charge in [0, 0.05) is 28.4 Å². The van der Waals surface area contributed by atoms with Gasteiger partial charge in [-0.2, -0.15) is 0 Å². The summed E-state index contributed by atoms with van der Waals surface area (Å²) in [5, 5.41) is 6.12. The number of pyridine rings is 1. The van der Waals surface area contributed by atoms with Crippen molar-refractivity contribution in [3.05, 3.63) is 136 Å². The number of fused-ring (bicyclic) bond motifs is 1. The highest BCUT2D eigenvalue weighted by Gasteiger charge is 2.54. The maximum Gasteiger partial charge on any atom is 0.356 e. The lowest BCUT2D eigenvalue weighted by Gasteiger charge is -2.49. The van der Waals surface area contributed by atoms with Crippen LogP contribution in [0.2, 0.25) is 0 Å². The minimum atomic E-state index is -0.741. The fourth-order valence-corrected chi connectivity index (χ4v) is 7.38. The minimum absolute atomic E-state index is 0.0887. The average molecular weight is 627 g/mol. The molecule has 0 radical (unpaired) electrons. The van der Waals surface area contributed by atoms with E-state index in [-0.39, 0.29) is 23.9 Å². The number of hydrogen-bond donors (Lipinski definition) is 1. The van der Waals surface area contributed by atoms with Crippen molar-refractivity contribution >= 4 is 52.6 Å². The number of nitrogens with zero attached hydrogens (tertiary/aromatic N) is 3. The second-order valence-corrected chi connectivity index (χ2v) is 12.5. The Labute approximate surface area is 261 Å². The van der Waals surface area contributed by atoms with E-state index < -0.39 is 23.5 Å². The first-order chi connectivity index (χ1) is 21.1. The van der Waals surface area contributed by atoms with Gasteiger partial charge in [0.15, 0.2) is 6.10 Å². The molecule has 216 valence electrons. The van der Waals surface area contributed by atoms with Gasteiger partial charge >= 0.3 is 5.97 Å². The highest BCUT2D eigenvalue weighted by atomic mass is 32.2. The first kappa shape index (κ1) is 28.9. The number of benzene rings is 2. The molecule has 4 aromatic rings. The van der Waals surface area contributed by atoms with E-state index in [9.17, 15) is 14.4 Å². The number of rotatable bonds is 10. The summed E-state index contributed by atoms with van der Waals surface area (Å²) in [4.78, 5) is 50.9. The van der Waals surface area contributed by atoms with Crippen LogP contribution in [0, 0.1) is 0 Å². The number of hydrogen-bond acceptors (Lipinski definition) is 9. The molecule has 1 unspecified atom stereocenters. The highest BCUT2D eigenvalue weighted by molar-refractivity contribution is 8.02. The molecule has 2 aliphatic rings. The molecule has 2 atom stereocenters. The maximum absolute atomic E-state index is 14.0. The van der Waals surface area contributed by atoms with Gasteiger partial charge in [-0.15, -0.1) is 23.1 Å². The smallest absolute Gasteiger partial charge is 0.356 e. The molecule has 6 rings (SSSR count). The number of ether oxygens (including phenoxy) is 1. The van der Waals surface area contributed by atoms with Gasteiger partial charge in [0.25, 0.3) is 5.91 Å². The molecule has 2 aromatic heterocycles. The molecule has 0 saturated carbocycles. The zero-order valence-corrected chi connectivity index (χ0v) is 25.2. The van der Waals surface area contributed by atoms with Crippen molar-refractivity contribution in [3.63, 3.8) is 0 Å². The molecule has 43 heavy (non-hydrogen) atoms. The third-order valence-corrected chi connectivity index (χ3v) is 9.64. The molecule has 0 spiro atoms. The predicted octanol–water partition coefficient (Wildman–Crippen LogP) is 5.37. The van der Waals surface area contributed by atoms with Crippen molar-refractivity contribution in [1.82, 2.24) is 20.2 Å². The van der Waals surface area contributed by atoms with Gasteiger partial charge in [0.05, 0.1) is 17.6 Å². The maximum atomic E-state index is 14.0. The number of aromatic nitrogens is 2. The van der Waals surface area contributed by atoms with Crippen LogP contribution in [0.4, 0.5) is 0 Å². The lowest BCUT2D eigenvalue weighted by molar-refractivity contribution is -0.154. The van der Waals surface area contributed by atoms with Crippen LogP contribution in [-0.4, -0.2) is 49.8 Å². The molecule has 0 aliphatic carbocycles. The summed E-state index contributed by atoms with van der Waals surface area (Å²) in [5.74, 6) is -0.770. The Kier molecular flexibility index (Phi) is 9.01. The number of β-lactam (4-membered cyclic amide) rings is 1. The Morgan fingerprint density at radius 2 is 1.74 bits per heavy atom. The first-order valence-electron chi connectivity index (χ1n) is 13.5. The monoisotopic (exact) mass is 626 g/mol. The number of nitrogens with one attached hydrogen (secondary N) is 1. The summed E-state index contributed by atoms with van der Waals surface area (Å²) in [7, 11) is 0. The Bertz CT molecular complexity index is 1610. The van der Waals surface area contributed by atoms with E-state index in [1.165, 1.54) is 39.8 Å². The number of thioether (sulfide) groups is 2. The first-order valence-corrected chi connectivity index (χ1v) is 16.3. The lowest BCUT2D eigenvalue weighted by Crippen LogP contribution is -2.70. The predicted molar refractivity (Wildman–Crippen MR) is 168 cm³/mol. The lowest BCUT2D eigenvalue weighted by atomic mass is 10.0. The Morgan fingerprint density at radius 3 is 2.40 bits per heavy atom. The van der Waals surface area contributed by atoms with Gasteiger partial charge in [-0.05, 0) is 40.3 Å². The number of amides is 2. The quantitative estimate of drug-likeness (QED) is 0.142. The van der Waals surface area contributed by atoms with E-state index in [1.54, 1.807) is 23.3 Å². The molecule has 1 fully saturated rings. The molecule has 2 aromatic carbocycles. The summed E-state index contributed by atoms with van der Waals surface area (Å²) in [5.41, 5.74) is 4.82. The third kappa shape index (κ3) is 6.58. The Hall–Kier alpha value is -4.19. The second kappa shape index (κ2) is 13.4. The van der Waals surface area contributed by atoms with Gasteiger partial charge in [0.2, 0.25) is 5.91 Å². The normalized spacial score (nSPS) is 18.0. The molecule has 11 heteroatoms. The SMILES string of the molecule is O=C(Cc1cscn1)NC1C(=O)N2C(C(=O)OC(c3ccccc3)c3ccccc3)=C(C=CSc3ccncc3)CS[C@H]12. The van der Waals surface area contributed by atoms with Crippen LogP contribution in [0.15, 0.2) is 124 Å². The average Bonchev–Trinajstić information content (AvgIpc) is 3.56. The van der Waals surface area contributed by atoms with Gasteiger partial charge < -0.3 is 10.1 Å². The minimum Gasteiger partial charge on any atom is -0.448 e. The van der Waals surface area contributed by atoms with E-state index in [1.807, 2.05) is 84.3 Å². The molecule has 8 nitrogen and oxygen atoms in total. The number of thiazole rings is 1. The van der Waals surface area contributed by atoms with Crippen LogP contribution in [-0.2, 0) is 25.5 Å². The molecular weight excluding hydrogens is 601 g/mol. The van der Waals surface area contributed by atoms with E-state index in [0.717, 1.165) is 16.0 Å². The summed E-state index contributed by atoms with van der Waals surface area (Å²) in [6.45, 7) is 0. The topological polar surface area (TPSA) is 101 Å². The zero-order valence-electron chi connectivity index (χ0n) is 22.7. The molecule has 0 bridgehead atoms. The van der Waals surface area contributed by atoms with E-state index in [2.05, 4.69) is 15.3 Å². The van der Waals surface area contributed by atoms with Crippen LogP contribution < -0.4 is 5.32 Å². The van der Waals surface area contributed by atoms with E-state index in [0.29, 0.717) is 17.0 Å². The van der Waals surface area contributed by atoms with Crippen LogP contribution >= 0.6 is 34.9 Å². The molecular formula is C32H26N4O4S3. The molecule has 1 N–H and O–H groups in total. The van der Waals surface area contributed by atoms with Gasteiger partial charge in [-0.25, -0.2) is 9.78 Å². The van der Waals surface area contributed by atoms with Crippen molar-refractivity contribution in [2.75, 3.05) is 5.75 Å². The molecule has 2 amide bonds. The summed E-state index contributed by atoms with van der Waals surface area (Å²) < 4.78 is 6.20. The fourth-order valence-electron chi connectivity index (χ4n) is 4.83. The molecule has 2 aliphatic heterocycles. The van der Waals surface area contributed by atoms with Gasteiger partial charge in [0.1, 0.15) is 17.1 Å². The summed E-state index contributed by atoms with van der Waals surface area (Å²) >= 11 is 4.40. The molecule has 4 heterocycles. The summed E-state index contributed by atoms with van der Waals surface area (Å²) in [6, 6.07) is 22.1. The fraction of sp³-hybridized carbons (Fsp3) is 0.156. The highest BCUT2D eigenvalue weighted by Crippen LogP contribution is 2.42. The van der Waals surface area contributed by atoms with E-state index >= 15 is 0 Å². The number of carbonyl (C=O) groups is 3. The molecule has 1 saturated heterocycles. The largest absolute Gasteiger partial charge is 0.448 e. The second-order valence-electron chi connectivity index (χ2n) is 9.70. The van der Waals surface area contributed by atoms with Crippen LogP contribution in [0.5, 0.6) is 0 Å². The van der Waals surface area contributed by atoms with E-state index in [4.69, 9.17) is 4.74 Å².